The summed E-state index contributed by atoms with van der Waals surface area (Å²) < 4.78 is 0. The van der Waals surface area contributed by atoms with Crippen molar-refractivity contribution >= 4 is 39.6 Å². The smallest absolute Gasteiger partial charge is 0.356 e. The van der Waals surface area contributed by atoms with E-state index < -0.39 is 5.97 Å². The number of carboxylic acid groups (broad SMARTS) is 1. The minimum Gasteiger partial charge on any atom is -0.476 e. The van der Waals surface area contributed by atoms with Gasteiger partial charge in [0.2, 0.25) is 0 Å². The van der Waals surface area contributed by atoms with Gasteiger partial charge in [0.15, 0.2) is 16.6 Å². The van der Waals surface area contributed by atoms with Crippen molar-refractivity contribution in [1.82, 2.24) is 4.98 Å². The number of thiophene rings is 1. The van der Waals surface area contributed by atoms with Crippen molar-refractivity contribution in [3.8, 4) is 0 Å². The Morgan fingerprint density at radius 3 is 2.60 bits per heavy atom. The molecule has 2 rings (SSSR count). The van der Waals surface area contributed by atoms with Gasteiger partial charge in [-0.05, 0) is 18.4 Å². The van der Waals surface area contributed by atoms with E-state index in [2.05, 4.69) is 4.98 Å². The summed E-state index contributed by atoms with van der Waals surface area (Å²) in [6.45, 7) is 3.37. The highest BCUT2D eigenvalue weighted by atomic mass is 32.1. The highest BCUT2D eigenvalue weighted by Gasteiger charge is 2.24. The Labute approximate surface area is 124 Å². The maximum absolute atomic E-state index is 11.5. The topological polar surface area (TPSA) is 70.5 Å². The SMILES string of the molecule is CC(=O)c1sc(N(C)C(C)c2cccs2)nc1C(=O)O. The summed E-state index contributed by atoms with van der Waals surface area (Å²) in [7, 11) is 1.85. The predicted molar refractivity (Wildman–Crippen MR) is 80.2 cm³/mol. The molecule has 106 valence electrons. The van der Waals surface area contributed by atoms with Gasteiger partial charge in [0.05, 0.1) is 6.04 Å². The summed E-state index contributed by atoms with van der Waals surface area (Å²) >= 11 is 2.75. The molecule has 1 N–H and O–H groups in total. The number of anilines is 1. The lowest BCUT2D eigenvalue weighted by atomic mass is 10.2. The summed E-state index contributed by atoms with van der Waals surface area (Å²) in [4.78, 5) is 30.0. The maximum atomic E-state index is 11.5. The minimum absolute atomic E-state index is 0.0719. The van der Waals surface area contributed by atoms with Gasteiger partial charge in [-0.3, -0.25) is 4.79 Å². The standard InChI is InChI=1S/C13H14N2O3S2/c1-7(9-5-4-6-19-9)15(3)13-14-10(12(17)18)11(20-13)8(2)16/h4-7H,1-3H3,(H,17,18). The molecule has 0 aliphatic carbocycles. The van der Waals surface area contributed by atoms with E-state index in [1.54, 1.807) is 11.3 Å². The molecule has 2 aromatic rings. The first-order valence-corrected chi connectivity index (χ1v) is 7.62. The summed E-state index contributed by atoms with van der Waals surface area (Å²) in [6.07, 6.45) is 0. The Morgan fingerprint density at radius 2 is 2.15 bits per heavy atom. The quantitative estimate of drug-likeness (QED) is 0.858. The molecule has 7 heteroatoms. The number of hydrogen-bond acceptors (Lipinski definition) is 6. The lowest BCUT2D eigenvalue weighted by molar-refractivity contribution is 0.0687. The number of nitrogens with zero attached hydrogens (tertiary/aromatic N) is 2. The molecule has 0 aliphatic rings. The van der Waals surface area contributed by atoms with Gasteiger partial charge in [-0.15, -0.1) is 11.3 Å². The van der Waals surface area contributed by atoms with Crippen LogP contribution in [0.1, 0.15) is 44.9 Å². The van der Waals surface area contributed by atoms with Gasteiger partial charge in [0, 0.05) is 18.8 Å². The van der Waals surface area contributed by atoms with Crippen LogP contribution in [0, 0.1) is 0 Å². The lowest BCUT2D eigenvalue weighted by Crippen LogP contribution is -2.20. The molecule has 2 heterocycles. The van der Waals surface area contributed by atoms with Crippen molar-refractivity contribution in [2.24, 2.45) is 0 Å². The van der Waals surface area contributed by atoms with Crippen LogP contribution in [0.2, 0.25) is 0 Å². The Bertz CT molecular complexity index is 603. The molecular weight excluding hydrogens is 296 g/mol. The maximum Gasteiger partial charge on any atom is 0.356 e. The van der Waals surface area contributed by atoms with Crippen LogP contribution in [0.3, 0.4) is 0 Å². The predicted octanol–water partition coefficient (Wildman–Crippen LogP) is 3.30. The van der Waals surface area contributed by atoms with Gasteiger partial charge < -0.3 is 10.0 Å². The molecule has 0 saturated carbocycles. The summed E-state index contributed by atoms with van der Waals surface area (Å²) in [5.74, 6) is -1.45. The zero-order valence-corrected chi connectivity index (χ0v) is 12.9. The van der Waals surface area contributed by atoms with Crippen LogP contribution in [0.15, 0.2) is 17.5 Å². The molecule has 20 heavy (non-hydrogen) atoms. The lowest BCUT2D eigenvalue weighted by Gasteiger charge is -2.23. The summed E-state index contributed by atoms with van der Waals surface area (Å²) in [5, 5.41) is 11.6. The number of aromatic nitrogens is 1. The van der Waals surface area contributed by atoms with Gasteiger partial charge in [-0.2, -0.15) is 0 Å². The van der Waals surface area contributed by atoms with Crippen molar-refractivity contribution in [3.05, 3.63) is 33.0 Å². The zero-order chi connectivity index (χ0) is 14.9. The Morgan fingerprint density at radius 1 is 1.45 bits per heavy atom. The average Bonchev–Trinajstić information content (AvgIpc) is 3.05. The number of hydrogen-bond donors (Lipinski definition) is 1. The van der Waals surface area contributed by atoms with Crippen molar-refractivity contribution in [2.75, 3.05) is 11.9 Å². The molecule has 2 aromatic heterocycles. The number of carbonyl (C=O) groups excluding carboxylic acids is 1. The van der Waals surface area contributed by atoms with E-state index in [4.69, 9.17) is 5.11 Å². The van der Waals surface area contributed by atoms with Gasteiger partial charge in [-0.25, -0.2) is 9.78 Å². The van der Waals surface area contributed by atoms with Crippen LogP contribution in [-0.2, 0) is 0 Å². The van der Waals surface area contributed by atoms with Crippen LogP contribution >= 0.6 is 22.7 Å². The number of aromatic carboxylic acids is 1. The molecule has 0 saturated heterocycles. The summed E-state index contributed by atoms with van der Waals surface area (Å²) in [6, 6.07) is 4.06. The molecule has 1 unspecified atom stereocenters. The third-order valence-electron chi connectivity index (χ3n) is 2.98. The van der Waals surface area contributed by atoms with E-state index in [1.165, 1.54) is 6.92 Å². The monoisotopic (exact) mass is 310 g/mol. The van der Waals surface area contributed by atoms with Gasteiger partial charge in [0.1, 0.15) is 4.88 Å². The molecular formula is C13H14N2O3S2. The van der Waals surface area contributed by atoms with E-state index in [-0.39, 0.29) is 22.4 Å². The fourth-order valence-electron chi connectivity index (χ4n) is 1.73. The normalized spacial score (nSPS) is 12.2. The molecule has 0 aliphatic heterocycles. The third-order valence-corrected chi connectivity index (χ3v) is 5.27. The van der Waals surface area contributed by atoms with Gasteiger partial charge >= 0.3 is 5.97 Å². The van der Waals surface area contributed by atoms with Crippen molar-refractivity contribution in [3.63, 3.8) is 0 Å². The second-order valence-corrected chi connectivity index (χ2v) is 6.29. The third kappa shape index (κ3) is 2.73. The number of carbonyl (C=O) groups is 2. The molecule has 5 nitrogen and oxygen atoms in total. The van der Waals surface area contributed by atoms with Crippen LogP contribution in [-0.4, -0.2) is 28.9 Å². The number of Topliss-reactive ketones (excluding diaryl/α,β-unsaturated/α-hetero) is 1. The van der Waals surface area contributed by atoms with E-state index in [0.29, 0.717) is 5.13 Å². The first-order chi connectivity index (χ1) is 9.41. The highest BCUT2D eigenvalue weighted by molar-refractivity contribution is 7.17. The fraction of sp³-hybridized carbons (Fsp3) is 0.308. The second kappa shape index (κ2) is 5.72. The van der Waals surface area contributed by atoms with E-state index in [1.807, 2.05) is 36.4 Å². The highest BCUT2D eigenvalue weighted by Crippen LogP contribution is 2.32. The molecule has 0 amide bonds. The van der Waals surface area contributed by atoms with E-state index in [9.17, 15) is 9.59 Å². The zero-order valence-electron chi connectivity index (χ0n) is 11.3. The van der Waals surface area contributed by atoms with Crippen molar-refractivity contribution in [1.29, 1.82) is 0 Å². The first-order valence-electron chi connectivity index (χ1n) is 5.93. The Kier molecular flexibility index (Phi) is 4.20. The minimum atomic E-state index is -1.17. The van der Waals surface area contributed by atoms with Crippen LogP contribution in [0.4, 0.5) is 5.13 Å². The molecule has 1 atom stereocenters. The molecule has 0 aromatic carbocycles. The number of rotatable bonds is 5. The van der Waals surface area contributed by atoms with Crippen LogP contribution < -0.4 is 4.90 Å². The molecule has 0 radical (unpaired) electrons. The Balaban J connectivity index is 2.35. The van der Waals surface area contributed by atoms with Crippen LogP contribution in [0.25, 0.3) is 0 Å². The number of carboxylic acids is 1. The first kappa shape index (κ1) is 14.7. The number of ketones is 1. The fourth-order valence-corrected chi connectivity index (χ4v) is 3.55. The van der Waals surface area contributed by atoms with Gasteiger partial charge in [0.25, 0.3) is 0 Å². The van der Waals surface area contributed by atoms with Crippen molar-refractivity contribution in [2.45, 2.75) is 19.9 Å². The van der Waals surface area contributed by atoms with E-state index >= 15 is 0 Å². The van der Waals surface area contributed by atoms with Crippen LogP contribution in [0.5, 0.6) is 0 Å². The second-order valence-electron chi connectivity index (χ2n) is 4.34. The summed E-state index contributed by atoms with van der Waals surface area (Å²) in [5.41, 5.74) is -0.164. The van der Waals surface area contributed by atoms with Crippen molar-refractivity contribution < 1.29 is 14.7 Å². The Hall–Kier alpha value is -1.73. The average molecular weight is 310 g/mol. The molecule has 0 spiro atoms. The number of thiazole rings is 1. The molecule has 0 fully saturated rings. The van der Waals surface area contributed by atoms with E-state index in [0.717, 1.165) is 16.2 Å². The molecule has 0 bridgehead atoms. The van der Waals surface area contributed by atoms with Gasteiger partial charge in [-0.1, -0.05) is 17.4 Å². The largest absolute Gasteiger partial charge is 0.476 e.